The summed E-state index contributed by atoms with van der Waals surface area (Å²) in [5, 5.41) is 2.32. The van der Waals surface area contributed by atoms with Crippen LogP contribution < -0.4 is 5.43 Å². The Hall–Kier alpha value is -0.650. The molecule has 2 unspecified atom stereocenters. The van der Waals surface area contributed by atoms with Crippen molar-refractivity contribution in [2.24, 2.45) is 5.92 Å². The first-order chi connectivity index (χ1) is 9.19. The number of hydrogen-bond acceptors (Lipinski definition) is 5. The van der Waals surface area contributed by atoms with Crippen molar-refractivity contribution in [3.63, 3.8) is 0 Å². The number of likely N-dealkylation sites (N-methyl/N-ethyl adjacent to an activating group) is 1. The third kappa shape index (κ3) is 4.44. The summed E-state index contributed by atoms with van der Waals surface area (Å²) >= 11 is 0. The number of ether oxygens (including phenoxy) is 1. The lowest BCUT2D eigenvalue weighted by molar-refractivity contribution is -0.149. The fourth-order valence-electron chi connectivity index (χ4n) is 2.97. The number of nitrogens with zero attached hydrogens (tertiary/aromatic N) is 2. The second kappa shape index (κ2) is 7.22. The topological polar surface area (TPSA) is 44.8 Å². The normalized spacial score (nSPS) is 30.2. The van der Waals surface area contributed by atoms with Crippen LogP contribution in [0.2, 0.25) is 0 Å². The van der Waals surface area contributed by atoms with Crippen molar-refractivity contribution in [1.29, 1.82) is 0 Å². The molecule has 0 aromatic carbocycles. The maximum absolute atomic E-state index is 11.8. The maximum Gasteiger partial charge on any atom is 0.308 e. The summed E-state index contributed by atoms with van der Waals surface area (Å²) in [4.78, 5) is 14.2. The molecule has 0 bridgehead atoms. The van der Waals surface area contributed by atoms with Gasteiger partial charge in [-0.05, 0) is 33.2 Å². The van der Waals surface area contributed by atoms with Gasteiger partial charge in [-0.1, -0.05) is 6.42 Å². The average Bonchev–Trinajstić information content (AvgIpc) is 2.42. The molecule has 1 heterocycles. The first-order valence-corrected chi connectivity index (χ1v) is 7.55. The molecule has 2 aliphatic rings. The maximum atomic E-state index is 11.8. The van der Waals surface area contributed by atoms with E-state index < -0.39 is 0 Å². The lowest BCUT2D eigenvalue weighted by atomic mass is 9.86. The third-order valence-corrected chi connectivity index (χ3v) is 4.16. The standard InChI is InChI=1S/C14H27N3O2/c1-3-19-14(18)12-5-4-6-13(11-12)15-17-9-7-16(2)8-10-17/h12-13,15H,3-11H2,1-2H3. The molecule has 1 aliphatic carbocycles. The van der Waals surface area contributed by atoms with E-state index in [-0.39, 0.29) is 11.9 Å². The monoisotopic (exact) mass is 269 g/mol. The predicted octanol–water partition coefficient (Wildman–Crippen LogP) is 0.860. The van der Waals surface area contributed by atoms with E-state index in [0.29, 0.717) is 12.6 Å². The van der Waals surface area contributed by atoms with Crippen LogP contribution in [0.1, 0.15) is 32.6 Å². The van der Waals surface area contributed by atoms with Crippen LogP contribution in [0.15, 0.2) is 0 Å². The fourth-order valence-corrected chi connectivity index (χ4v) is 2.97. The first-order valence-electron chi connectivity index (χ1n) is 7.55. The van der Waals surface area contributed by atoms with Crippen molar-refractivity contribution in [3.8, 4) is 0 Å². The van der Waals surface area contributed by atoms with Crippen LogP contribution in [0.4, 0.5) is 0 Å². The van der Waals surface area contributed by atoms with Crippen molar-refractivity contribution in [1.82, 2.24) is 15.3 Å². The van der Waals surface area contributed by atoms with Gasteiger partial charge in [-0.25, -0.2) is 5.01 Å². The molecular formula is C14H27N3O2. The molecule has 0 amide bonds. The second-order valence-corrected chi connectivity index (χ2v) is 5.73. The molecule has 1 saturated heterocycles. The Labute approximate surface area is 116 Å². The van der Waals surface area contributed by atoms with Crippen LogP contribution >= 0.6 is 0 Å². The van der Waals surface area contributed by atoms with Gasteiger partial charge in [0.2, 0.25) is 0 Å². The number of piperazine rings is 1. The van der Waals surface area contributed by atoms with Gasteiger partial charge >= 0.3 is 5.97 Å². The molecule has 2 rings (SSSR count). The van der Waals surface area contributed by atoms with E-state index in [1.54, 1.807) is 0 Å². The van der Waals surface area contributed by atoms with Crippen molar-refractivity contribution in [2.75, 3.05) is 39.8 Å². The summed E-state index contributed by atoms with van der Waals surface area (Å²) in [5.74, 6) is 0.0889. The van der Waals surface area contributed by atoms with Crippen LogP contribution in [0, 0.1) is 5.92 Å². The molecule has 5 nitrogen and oxygen atoms in total. The molecule has 0 aromatic heterocycles. The van der Waals surface area contributed by atoms with E-state index in [4.69, 9.17) is 4.74 Å². The lowest BCUT2D eigenvalue weighted by Gasteiger charge is -2.37. The highest BCUT2D eigenvalue weighted by Crippen LogP contribution is 2.25. The smallest absolute Gasteiger partial charge is 0.308 e. The number of carbonyl (C=O) groups is 1. The Bertz CT molecular complexity index is 290. The van der Waals surface area contributed by atoms with Gasteiger partial charge in [-0.2, -0.15) is 0 Å². The first kappa shape index (κ1) is 14.8. The van der Waals surface area contributed by atoms with E-state index in [0.717, 1.165) is 45.4 Å². The summed E-state index contributed by atoms with van der Waals surface area (Å²) < 4.78 is 5.15. The van der Waals surface area contributed by atoms with E-state index in [9.17, 15) is 4.79 Å². The van der Waals surface area contributed by atoms with Crippen LogP contribution in [-0.4, -0.2) is 61.8 Å². The quantitative estimate of drug-likeness (QED) is 0.767. The average molecular weight is 269 g/mol. The Morgan fingerprint density at radius 3 is 2.68 bits per heavy atom. The summed E-state index contributed by atoms with van der Waals surface area (Å²) in [5.41, 5.74) is 3.60. The second-order valence-electron chi connectivity index (χ2n) is 5.73. The van der Waals surface area contributed by atoms with E-state index >= 15 is 0 Å². The highest BCUT2D eigenvalue weighted by molar-refractivity contribution is 5.72. The van der Waals surface area contributed by atoms with Gasteiger partial charge in [0, 0.05) is 32.2 Å². The third-order valence-electron chi connectivity index (χ3n) is 4.16. The van der Waals surface area contributed by atoms with Crippen molar-refractivity contribution >= 4 is 5.97 Å². The van der Waals surface area contributed by atoms with Crippen molar-refractivity contribution in [3.05, 3.63) is 0 Å². The molecule has 0 spiro atoms. The molecule has 110 valence electrons. The zero-order chi connectivity index (χ0) is 13.7. The van der Waals surface area contributed by atoms with E-state index in [1.807, 2.05) is 6.92 Å². The highest BCUT2D eigenvalue weighted by Gasteiger charge is 2.29. The minimum Gasteiger partial charge on any atom is -0.466 e. The zero-order valence-corrected chi connectivity index (χ0v) is 12.2. The fraction of sp³-hybridized carbons (Fsp3) is 0.929. The molecule has 5 heteroatoms. The predicted molar refractivity (Wildman–Crippen MR) is 74.6 cm³/mol. The van der Waals surface area contributed by atoms with Crippen LogP contribution in [-0.2, 0) is 9.53 Å². The Morgan fingerprint density at radius 2 is 2.00 bits per heavy atom. The number of carbonyl (C=O) groups excluding carboxylic acids is 1. The minimum absolute atomic E-state index is 0.00706. The van der Waals surface area contributed by atoms with Crippen molar-refractivity contribution < 1.29 is 9.53 Å². The van der Waals surface area contributed by atoms with Crippen LogP contribution in [0.3, 0.4) is 0 Å². The van der Waals surface area contributed by atoms with Crippen LogP contribution in [0.5, 0.6) is 0 Å². The van der Waals surface area contributed by atoms with Gasteiger partial charge in [0.05, 0.1) is 12.5 Å². The molecule has 1 N–H and O–H groups in total. The Kier molecular flexibility index (Phi) is 5.60. The number of hydrogen-bond donors (Lipinski definition) is 1. The number of hydrazine groups is 1. The van der Waals surface area contributed by atoms with Gasteiger partial charge in [0.15, 0.2) is 0 Å². The van der Waals surface area contributed by atoms with Gasteiger partial charge in [0.25, 0.3) is 0 Å². The molecule has 0 radical (unpaired) electrons. The number of rotatable bonds is 4. The van der Waals surface area contributed by atoms with E-state index in [2.05, 4.69) is 22.4 Å². The molecule has 19 heavy (non-hydrogen) atoms. The van der Waals surface area contributed by atoms with Crippen molar-refractivity contribution in [2.45, 2.75) is 38.6 Å². The molecule has 1 aliphatic heterocycles. The lowest BCUT2D eigenvalue weighted by Crippen LogP contribution is -2.54. The molecule has 2 fully saturated rings. The zero-order valence-electron chi connectivity index (χ0n) is 12.2. The molecular weight excluding hydrogens is 242 g/mol. The molecule has 2 atom stereocenters. The molecule has 0 aromatic rings. The SMILES string of the molecule is CCOC(=O)C1CCCC(NN2CCN(C)CC2)C1. The Balaban J connectivity index is 1.76. The number of nitrogens with one attached hydrogen (secondary N) is 1. The molecule has 1 saturated carbocycles. The summed E-state index contributed by atoms with van der Waals surface area (Å²) in [6.45, 7) is 6.72. The highest BCUT2D eigenvalue weighted by atomic mass is 16.5. The Morgan fingerprint density at radius 1 is 1.26 bits per heavy atom. The van der Waals surface area contributed by atoms with Gasteiger partial charge in [-0.15, -0.1) is 0 Å². The minimum atomic E-state index is -0.00706. The summed E-state index contributed by atoms with van der Waals surface area (Å²) in [7, 11) is 2.16. The largest absolute Gasteiger partial charge is 0.466 e. The van der Waals surface area contributed by atoms with Gasteiger partial charge < -0.3 is 9.64 Å². The van der Waals surface area contributed by atoms with Gasteiger partial charge in [0.1, 0.15) is 0 Å². The number of esters is 1. The van der Waals surface area contributed by atoms with Crippen LogP contribution in [0.25, 0.3) is 0 Å². The van der Waals surface area contributed by atoms with Gasteiger partial charge in [-0.3, -0.25) is 10.2 Å². The summed E-state index contributed by atoms with van der Waals surface area (Å²) in [6.07, 6.45) is 4.20. The van der Waals surface area contributed by atoms with E-state index in [1.165, 1.54) is 6.42 Å². The summed E-state index contributed by atoms with van der Waals surface area (Å²) in [6, 6.07) is 0.437.